The van der Waals surface area contributed by atoms with E-state index >= 15 is 0 Å². The highest BCUT2D eigenvalue weighted by Gasteiger charge is 2.33. The Bertz CT molecular complexity index is 292. The molecule has 23 heavy (non-hydrogen) atoms. The Morgan fingerprint density at radius 1 is 0.609 bits per heavy atom. The Balaban J connectivity index is 4.58. The zero-order valence-electron chi connectivity index (χ0n) is 12.4. The molecule has 0 aliphatic carbocycles. The van der Waals surface area contributed by atoms with Crippen molar-refractivity contribution in [3.8, 4) is 0 Å². The second-order valence-corrected chi connectivity index (χ2v) is 4.84. The molecular formula is C12H26O11. The summed E-state index contributed by atoms with van der Waals surface area (Å²) in [4.78, 5) is 0. The second-order valence-electron chi connectivity index (χ2n) is 4.84. The SMILES string of the molecule is OCCO[C@H](OCC(O)C(O)[C@H](O)C(O)CO)C(O)C(O)CO. The van der Waals surface area contributed by atoms with E-state index in [9.17, 15) is 25.5 Å². The number of hydrogen-bond acceptors (Lipinski definition) is 11. The third kappa shape index (κ3) is 7.78. The summed E-state index contributed by atoms with van der Waals surface area (Å²) in [6, 6.07) is 0. The van der Waals surface area contributed by atoms with Crippen LogP contribution in [0.25, 0.3) is 0 Å². The van der Waals surface area contributed by atoms with Gasteiger partial charge in [-0.3, -0.25) is 0 Å². The van der Waals surface area contributed by atoms with Crippen LogP contribution in [-0.4, -0.2) is 122 Å². The molecule has 5 unspecified atom stereocenters. The lowest BCUT2D eigenvalue weighted by molar-refractivity contribution is -0.236. The van der Waals surface area contributed by atoms with Crippen molar-refractivity contribution in [1.82, 2.24) is 0 Å². The van der Waals surface area contributed by atoms with Crippen LogP contribution in [0.4, 0.5) is 0 Å². The summed E-state index contributed by atoms with van der Waals surface area (Å²) in [5, 5.41) is 82.9. The van der Waals surface area contributed by atoms with E-state index in [0.717, 1.165) is 0 Å². The maximum Gasteiger partial charge on any atom is 0.186 e. The highest BCUT2D eigenvalue weighted by molar-refractivity contribution is 4.81. The van der Waals surface area contributed by atoms with Crippen LogP contribution in [0, 0.1) is 0 Å². The first-order chi connectivity index (χ1) is 10.8. The first-order valence-corrected chi connectivity index (χ1v) is 6.94. The summed E-state index contributed by atoms with van der Waals surface area (Å²) >= 11 is 0. The third-order valence-electron chi connectivity index (χ3n) is 2.99. The van der Waals surface area contributed by atoms with E-state index in [2.05, 4.69) is 0 Å². The van der Waals surface area contributed by atoms with Gasteiger partial charge in [0, 0.05) is 0 Å². The van der Waals surface area contributed by atoms with Gasteiger partial charge in [0.05, 0.1) is 33.0 Å². The van der Waals surface area contributed by atoms with Gasteiger partial charge < -0.3 is 55.4 Å². The lowest BCUT2D eigenvalue weighted by Crippen LogP contribution is -2.49. The summed E-state index contributed by atoms with van der Waals surface area (Å²) in [6.07, 6.45) is -12.0. The van der Waals surface area contributed by atoms with Crippen molar-refractivity contribution in [3.63, 3.8) is 0 Å². The molecule has 7 atom stereocenters. The van der Waals surface area contributed by atoms with Crippen LogP contribution in [0.1, 0.15) is 0 Å². The highest BCUT2D eigenvalue weighted by Crippen LogP contribution is 2.10. The molecule has 0 saturated heterocycles. The maximum absolute atomic E-state index is 9.68. The minimum Gasteiger partial charge on any atom is -0.394 e. The molecule has 140 valence electrons. The fourth-order valence-electron chi connectivity index (χ4n) is 1.56. The predicted molar refractivity (Wildman–Crippen MR) is 73.0 cm³/mol. The predicted octanol–water partition coefficient (Wildman–Crippen LogP) is -5.51. The van der Waals surface area contributed by atoms with Crippen molar-refractivity contribution in [3.05, 3.63) is 0 Å². The van der Waals surface area contributed by atoms with E-state index in [1.165, 1.54) is 0 Å². The van der Waals surface area contributed by atoms with Gasteiger partial charge in [0.15, 0.2) is 6.29 Å². The minimum atomic E-state index is -1.87. The molecule has 11 heteroatoms. The molecule has 0 bridgehead atoms. The first-order valence-electron chi connectivity index (χ1n) is 6.94. The van der Waals surface area contributed by atoms with Gasteiger partial charge in [-0.15, -0.1) is 0 Å². The fraction of sp³-hybridized carbons (Fsp3) is 1.00. The summed E-state index contributed by atoms with van der Waals surface area (Å²) in [5.41, 5.74) is 0. The van der Waals surface area contributed by atoms with Gasteiger partial charge >= 0.3 is 0 Å². The van der Waals surface area contributed by atoms with Crippen molar-refractivity contribution >= 4 is 0 Å². The Kier molecular flexibility index (Phi) is 11.8. The maximum atomic E-state index is 9.68. The number of aliphatic hydroxyl groups is 9. The molecule has 0 fully saturated rings. The third-order valence-corrected chi connectivity index (χ3v) is 2.99. The normalized spacial score (nSPS) is 21.3. The quantitative estimate of drug-likeness (QED) is 0.144. The van der Waals surface area contributed by atoms with Crippen molar-refractivity contribution in [2.24, 2.45) is 0 Å². The molecule has 0 aliphatic rings. The lowest BCUT2D eigenvalue weighted by atomic mass is 10.0. The Morgan fingerprint density at radius 3 is 1.57 bits per heavy atom. The monoisotopic (exact) mass is 346 g/mol. The van der Waals surface area contributed by atoms with E-state index in [4.69, 9.17) is 29.9 Å². The smallest absolute Gasteiger partial charge is 0.186 e. The Labute approximate surface area is 132 Å². The molecule has 0 aromatic rings. The molecule has 0 amide bonds. The molecule has 11 nitrogen and oxygen atoms in total. The summed E-state index contributed by atoms with van der Waals surface area (Å²) in [7, 11) is 0. The van der Waals surface area contributed by atoms with E-state index in [1.807, 2.05) is 0 Å². The topological polar surface area (TPSA) is 201 Å². The lowest BCUT2D eigenvalue weighted by Gasteiger charge is -2.29. The average Bonchev–Trinajstić information content (AvgIpc) is 2.57. The van der Waals surface area contributed by atoms with Gasteiger partial charge in [-0.1, -0.05) is 0 Å². The van der Waals surface area contributed by atoms with Crippen molar-refractivity contribution < 1.29 is 55.4 Å². The molecule has 0 rings (SSSR count). The van der Waals surface area contributed by atoms with Crippen molar-refractivity contribution in [1.29, 1.82) is 0 Å². The number of aliphatic hydroxyl groups excluding tert-OH is 9. The van der Waals surface area contributed by atoms with E-state index in [0.29, 0.717) is 0 Å². The van der Waals surface area contributed by atoms with Crippen LogP contribution in [0.15, 0.2) is 0 Å². The zero-order valence-corrected chi connectivity index (χ0v) is 12.4. The zero-order chi connectivity index (χ0) is 18.0. The van der Waals surface area contributed by atoms with Crippen LogP contribution >= 0.6 is 0 Å². The summed E-state index contributed by atoms with van der Waals surface area (Å²) in [5.74, 6) is 0. The number of rotatable bonds is 13. The van der Waals surface area contributed by atoms with Gasteiger partial charge in [-0.05, 0) is 0 Å². The molecule has 0 saturated carbocycles. The minimum absolute atomic E-state index is 0.273. The van der Waals surface area contributed by atoms with E-state index < -0.39 is 69.3 Å². The standard InChI is InChI=1S/C12H26O11/c13-1-2-22-12(11(21)7(17)4-15)23-5-8(18)10(20)9(19)6(16)3-14/h6-21H,1-5H2/t6?,7?,8?,9-,10?,11?,12-/m1/s1. The fourth-order valence-corrected chi connectivity index (χ4v) is 1.56. The molecule has 0 spiro atoms. The van der Waals surface area contributed by atoms with E-state index in [1.54, 1.807) is 0 Å². The van der Waals surface area contributed by atoms with Crippen LogP contribution in [0.3, 0.4) is 0 Å². The van der Waals surface area contributed by atoms with Gasteiger partial charge in [-0.25, -0.2) is 0 Å². The summed E-state index contributed by atoms with van der Waals surface area (Å²) in [6.45, 7) is -3.01. The first kappa shape index (κ1) is 22.6. The average molecular weight is 346 g/mol. The Hall–Kier alpha value is -0.440. The van der Waals surface area contributed by atoms with Crippen LogP contribution < -0.4 is 0 Å². The molecule has 0 radical (unpaired) electrons. The largest absolute Gasteiger partial charge is 0.394 e. The number of ether oxygens (including phenoxy) is 2. The molecular weight excluding hydrogens is 320 g/mol. The number of hydrogen-bond donors (Lipinski definition) is 9. The van der Waals surface area contributed by atoms with Gasteiger partial charge in [0.2, 0.25) is 0 Å². The molecule has 0 aliphatic heterocycles. The van der Waals surface area contributed by atoms with Crippen LogP contribution in [-0.2, 0) is 9.47 Å². The van der Waals surface area contributed by atoms with Crippen LogP contribution in [0.2, 0.25) is 0 Å². The molecule has 0 heterocycles. The van der Waals surface area contributed by atoms with Crippen molar-refractivity contribution in [2.75, 3.05) is 33.0 Å². The van der Waals surface area contributed by atoms with Gasteiger partial charge in [-0.2, -0.15) is 0 Å². The van der Waals surface area contributed by atoms with E-state index in [-0.39, 0.29) is 6.61 Å². The van der Waals surface area contributed by atoms with Crippen LogP contribution in [0.5, 0.6) is 0 Å². The molecule has 0 aromatic carbocycles. The highest BCUT2D eigenvalue weighted by atomic mass is 16.7. The molecule has 0 aromatic heterocycles. The second kappa shape index (κ2) is 12.0. The van der Waals surface area contributed by atoms with Gasteiger partial charge in [0.25, 0.3) is 0 Å². The summed E-state index contributed by atoms with van der Waals surface area (Å²) < 4.78 is 9.85. The van der Waals surface area contributed by atoms with Crippen molar-refractivity contribution in [2.45, 2.75) is 42.9 Å². The Morgan fingerprint density at radius 2 is 1.09 bits per heavy atom. The van der Waals surface area contributed by atoms with Gasteiger partial charge in [0.1, 0.15) is 36.6 Å². The molecule has 9 N–H and O–H groups in total.